The summed E-state index contributed by atoms with van der Waals surface area (Å²) in [5.74, 6) is -1.29. The molecule has 0 atom stereocenters. The summed E-state index contributed by atoms with van der Waals surface area (Å²) in [6, 6.07) is 10.2. The average molecular weight is 270 g/mol. The van der Waals surface area contributed by atoms with Crippen LogP contribution < -0.4 is 16.4 Å². The van der Waals surface area contributed by atoms with Gasteiger partial charge in [-0.05, 0) is 36.8 Å². The number of amides is 2. The van der Waals surface area contributed by atoms with Crippen molar-refractivity contribution in [2.75, 3.05) is 16.4 Å². The van der Waals surface area contributed by atoms with E-state index >= 15 is 0 Å². The van der Waals surface area contributed by atoms with Crippen LogP contribution in [0.1, 0.15) is 5.56 Å². The Labute approximate surface area is 116 Å². The van der Waals surface area contributed by atoms with E-state index in [9.17, 15) is 9.59 Å². The van der Waals surface area contributed by atoms with Gasteiger partial charge in [0, 0.05) is 6.20 Å². The number of nitrogens with one attached hydrogen (secondary N) is 2. The minimum atomic E-state index is -0.802. The van der Waals surface area contributed by atoms with Gasteiger partial charge in [0.25, 0.3) is 0 Å². The quantitative estimate of drug-likeness (QED) is 0.569. The molecule has 2 aromatic rings. The van der Waals surface area contributed by atoms with Gasteiger partial charge in [-0.15, -0.1) is 0 Å². The molecule has 0 fully saturated rings. The fraction of sp³-hybridized carbons (Fsp3) is 0.0714. The average Bonchev–Trinajstić information content (AvgIpc) is 2.43. The molecule has 0 spiro atoms. The van der Waals surface area contributed by atoms with E-state index in [4.69, 9.17) is 5.73 Å². The van der Waals surface area contributed by atoms with Crippen molar-refractivity contribution in [3.8, 4) is 0 Å². The smallest absolute Gasteiger partial charge is 0.315 e. The monoisotopic (exact) mass is 270 g/mol. The van der Waals surface area contributed by atoms with Gasteiger partial charge in [0.2, 0.25) is 0 Å². The minimum absolute atomic E-state index is 0.310. The first kappa shape index (κ1) is 13.5. The third kappa shape index (κ3) is 3.32. The molecule has 1 aromatic heterocycles. The van der Waals surface area contributed by atoms with Crippen molar-refractivity contribution in [3.63, 3.8) is 0 Å². The van der Waals surface area contributed by atoms with E-state index in [1.54, 1.807) is 36.4 Å². The van der Waals surface area contributed by atoms with E-state index in [2.05, 4.69) is 15.6 Å². The maximum atomic E-state index is 11.7. The number of nitrogens with zero attached hydrogens (tertiary/aromatic N) is 1. The molecular formula is C14H14N4O2. The second-order valence-electron chi connectivity index (χ2n) is 4.21. The molecule has 20 heavy (non-hydrogen) atoms. The standard InChI is InChI=1S/C14H14N4O2/c1-9-5-6-11(10(15)8-9)17-13(19)14(20)18-12-4-2-3-7-16-12/h2-8H,15H2,1H3,(H,17,19)(H,16,18,20). The molecule has 102 valence electrons. The second kappa shape index (κ2) is 5.83. The highest BCUT2D eigenvalue weighted by Gasteiger charge is 2.15. The summed E-state index contributed by atoms with van der Waals surface area (Å²) < 4.78 is 0. The highest BCUT2D eigenvalue weighted by Crippen LogP contribution is 2.19. The Morgan fingerprint density at radius 1 is 1.10 bits per heavy atom. The van der Waals surface area contributed by atoms with Crippen molar-refractivity contribution in [2.45, 2.75) is 6.92 Å². The molecule has 0 aliphatic rings. The van der Waals surface area contributed by atoms with E-state index in [1.807, 2.05) is 6.92 Å². The van der Waals surface area contributed by atoms with Crippen molar-refractivity contribution in [3.05, 3.63) is 48.2 Å². The second-order valence-corrected chi connectivity index (χ2v) is 4.21. The van der Waals surface area contributed by atoms with Crippen LogP contribution in [0.5, 0.6) is 0 Å². The van der Waals surface area contributed by atoms with Crippen LogP contribution >= 0.6 is 0 Å². The fourth-order valence-corrected chi connectivity index (χ4v) is 1.58. The Morgan fingerprint density at radius 2 is 1.85 bits per heavy atom. The molecule has 0 unspecified atom stereocenters. The SMILES string of the molecule is Cc1ccc(NC(=O)C(=O)Nc2ccccn2)c(N)c1. The van der Waals surface area contributed by atoms with Gasteiger partial charge in [-0.25, -0.2) is 4.98 Å². The molecule has 0 bridgehead atoms. The van der Waals surface area contributed by atoms with Gasteiger partial charge in [-0.3, -0.25) is 9.59 Å². The lowest BCUT2D eigenvalue weighted by atomic mass is 10.2. The van der Waals surface area contributed by atoms with Crippen molar-refractivity contribution in [1.82, 2.24) is 4.98 Å². The van der Waals surface area contributed by atoms with Crippen LogP contribution in [0.4, 0.5) is 17.2 Å². The van der Waals surface area contributed by atoms with Crippen LogP contribution in [0.25, 0.3) is 0 Å². The molecular weight excluding hydrogens is 256 g/mol. The van der Waals surface area contributed by atoms with Gasteiger partial charge >= 0.3 is 11.8 Å². The van der Waals surface area contributed by atoms with Crippen LogP contribution in [-0.4, -0.2) is 16.8 Å². The summed E-state index contributed by atoms with van der Waals surface area (Å²) in [6.07, 6.45) is 1.52. The zero-order chi connectivity index (χ0) is 14.5. The summed E-state index contributed by atoms with van der Waals surface area (Å²) in [5, 5.41) is 4.84. The van der Waals surface area contributed by atoms with E-state index < -0.39 is 11.8 Å². The number of carbonyl (C=O) groups excluding carboxylic acids is 2. The Kier molecular flexibility index (Phi) is 3.95. The van der Waals surface area contributed by atoms with Crippen LogP contribution in [0.15, 0.2) is 42.6 Å². The number of nitrogens with two attached hydrogens (primary N) is 1. The molecule has 0 saturated heterocycles. The molecule has 2 amide bonds. The number of hydrogen-bond donors (Lipinski definition) is 3. The number of benzene rings is 1. The number of anilines is 3. The maximum Gasteiger partial charge on any atom is 0.315 e. The molecule has 0 saturated carbocycles. The molecule has 0 aliphatic heterocycles. The van der Waals surface area contributed by atoms with Crippen LogP contribution in [0.3, 0.4) is 0 Å². The third-order valence-electron chi connectivity index (χ3n) is 2.57. The van der Waals surface area contributed by atoms with E-state index in [1.165, 1.54) is 6.20 Å². The number of hydrogen-bond acceptors (Lipinski definition) is 4. The molecule has 6 heteroatoms. The predicted molar refractivity (Wildman–Crippen MR) is 77.1 cm³/mol. The summed E-state index contributed by atoms with van der Waals surface area (Å²) in [5.41, 5.74) is 7.54. The van der Waals surface area contributed by atoms with Crippen LogP contribution in [-0.2, 0) is 9.59 Å². The molecule has 2 rings (SSSR count). The fourth-order valence-electron chi connectivity index (χ4n) is 1.58. The summed E-state index contributed by atoms with van der Waals surface area (Å²) in [6.45, 7) is 1.88. The highest BCUT2D eigenvalue weighted by atomic mass is 16.2. The first-order chi connectivity index (χ1) is 9.56. The number of aryl methyl sites for hydroxylation is 1. The molecule has 6 nitrogen and oxygen atoms in total. The lowest BCUT2D eigenvalue weighted by molar-refractivity contribution is -0.133. The van der Waals surface area contributed by atoms with Crippen molar-refractivity contribution in [2.24, 2.45) is 0 Å². The lowest BCUT2D eigenvalue weighted by Crippen LogP contribution is -2.29. The van der Waals surface area contributed by atoms with E-state index in [-0.39, 0.29) is 0 Å². The molecule has 1 aromatic carbocycles. The van der Waals surface area contributed by atoms with Gasteiger partial charge in [0.15, 0.2) is 0 Å². The van der Waals surface area contributed by atoms with Crippen molar-refractivity contribution in [1.29, 1.82) is 0 Å². The van der Waals surface area contributed by atoms with Gasteiger partial charge in [-0.1, -0.05) is 12.1 Å². The first-order valence-electron chi connectivity index (χ1n) is 5.96. The number of carbonyl (C=O) groups is 2. The largest absolute Gasteiger partial charge is 0.397 e. The number of pyridine rings is 1. The topological polar surface area (TPSA) is 97.1 Å². The maximum absolute atomic E-state index is 11.7. The van der Waals surface area contributed by atoms with Gasteiger partial charge in [-0.2, -0.15) is 0 Å². The van der Waals surface area contributed by atoms with Crippen LogP contribution in [0.2, 0.25) is 0 Å². The van der Waals surface area contributed by atoms with Crippen molar-refractivity contribution < 1.29 is 9.59 Å². The van der Waals surface area contributed by atoms with Gasteiger partial charge in [0.1, 0.15) is 5.82 Å². The third-order valence-corrected chi connectivity index (χ3v) is 2.57. The summed E-state index contributed by atoms with van der Waals surface area (Å²) in [4.78, 5) is 27.3. The van der Waals surface area contributed by atoms with Crippen molar-refractivity contribution >= 4 is 29.0 Å². The Balaban J connectivity index is 2.03. The molecule has 1 heterocycles. The van der Waals surface area contributed by atoms with Gasteiger partial charge in [0.05, 0.1) is 11.4 Å². The first-order valence-corrected chi connectivity index (χ1v) is 5.96. The summed E-state index contributed by atoms with van der Waals surface area (Å²) >= 11 is 0. The highest BCUT2D eigenvalue weighted by molar-refractivity contribution is 6.43. The molecule has 0 aliphatic carbocycles. The van der Waals surface area contributed by atoms with E-state index in [0.29, 0.717) is 17.2 Å². The Bertz CT molecular complexity index is 641. The van der Waals surface area contributed by atoms with E-state index in [0.717, 1.165) is 5.56 Å². The Morgan fingerprint density at radius 3 is 2.50 bits per heavy atom. The van der Waals surface area contributed by atoms with Crippen LogP contribution in [0, 0.1) is 6.92 Å². The predicted octanol–water partition coefficient (Wildman–Crippen LogP) is 1.55. The lowest BCUT2D eigenvalue weighted by Gasteiger charge is -2.08. The Hall–Kier alpha value is -2.89. The molecule has 4 N–H and O–H groups in total. The number of nitrogen functional groups attached to an aromatic ring is 1. The summed E-state index contributed by atoms with van der Waals surface area (Å²) in [7, 11) is 0. The zero-order valence-corrected chi connectivity index (χ0v) is 10.9. The minimum Gasteiger partial charge on any atom is -0.397 e. The molecule has 0 radical (unpaired) electrons. The van der Waals surface area contributed by atoms with Gasteiger partial charge < -0.3 is 16.4 Å². The zero-order valence-electron chi connectivity index (χ0n) is 10.9. The number of rotatable bonds is 2. The normalized spacial score (nSPS) is 9.85. The number of aromatic nitrogens is 1.